The van der Waals surface area contributed by atoms with Crippen LogP contribution in [0.2, 0.25) is 0 Å². The normalized spacial score (nSPS) is 20.4. The Morgan fingerprint density at radius 3 is 2.81 bits per heavy atom. The van der Waals surface area contributed by atoms with Crippen LogP contribution in [0.25, 0.3) is 0 Å². The molecule has 1 aromatic carbocycles. The smallest absolute Gasteiger partial charge is 0.282 e. The molecule has 1 atom stereocenters. The SMILES string of the molecule is O=C(c1cc(F)ccc1[N+](=O)[O-])N(Cc1ccsc1)C1CC12CCNCC2. The van der Waals surface area contributed by atoms with Gasteiger partial charge in [0.2, 0.25) is 0 Å². The lowest BCUT2D eigenvalue weighted by Gasteiger charge is -2.29. The van der Waals surface area contributed by atoms with Gasteiger partial charge in [-0.3, -0.25) is 14.9 Å². The van der Waals surface area contributed by atoms with E-state index in [1.54, 1.807) is 16.2 Å². The number of carbonyl (C=O) groups excluding carboxylic acids is 1. The molecule has 6 nitrogen and oxygen atoms in total. The van der Waals surface area contributed by atoms with Gasteiger partial charge in [0.1, 0.15) is 11.4 Å². The molecule has 0 bridgehead atoms. The third kappa shape index (κ3) is 3.46. The van der Waals surface area contributed by atoms with E-state index in [0.717, 1.165) is 56.1 Å². The highest BCUT2D eigenvalue weighted by Gasteiger charge is 2.58. The number of piperidine rings is 1. The second-order valence-corrected chi connectivity index (χ2v) is 8.10. The Kier molecular flexibility index (Phi) is 4.69. The van der Waals surface area contributed by atoms with Gasteiger partial charge >= 0.3 is 0 Å². The number of rotatable bonds is 5. The summed E-state index contributed by atoms with van der Waals surface area (Å²) in [6, 6.07) is 5.05. The molecular weight excluding hydrogens is 369 g/mol. The molecule has 1 spiro atoms. The standard InChI is InChI=1S/C19H20FN3O3S/c20-14-1-2-16(23(25)26)15(9-14)18(24)22(11-13-3-8-27-12-13)17-10-19(17)4-6-21-7-5-19/h1-3,8-9,12,17,21H,4-7,10-11H2. The zero-order valence-corrected chi connectivity index (χ0v) is 15.5. The highest BCUT2D eigenvalue weighted by molar-refractivity contribution is 7.07. The fourth-order valence-electron chi connectivity index (χ4n) is 4.13. The fourth-order valence-corrected chi connectivity index (χ4v) is 4.79. The van der Waals surface area contributed by atoms with Crippen molar-refractivity contribution in [1.29, 1.82) is 0 Å². The molecule has 1 aliphatic carbocycles. The summed E-state index contributed by atoms with van der Waals surface area (Å²) in [5.41, 5.74) is 0.547. The summed E-state index contributed by atoms with van der Waals surface area (Å²) in [4.78, 5) is 25.8. The molecule has 1 N–H and O–H groups in total. The van der Waals surface area contributed by atoms with Crippen molar-refractivity contribution in [2.24, 2.45) is 5.41 Å². The number of amides is 1. The average Bonchev–Trinajstić information content (AvgIpc) is 3.08. The van der Waals surface area contributed by atoms with E-state index in [0.29, 0.717) is 6.54 Å². The van der Waals surface area contributed by atoms with Gasteiger partial charge in [-0.2, -0.15) is 11.3 Å². The Bertz CT molecular complexity index is 865. The van der Waals surface area contributed by atoms with E-state index in [-0.39, 0.29) is 22.7 Å². The summed E-state index contributed by atoms with van der Waals surface area (Å²) in [5.74, 6) is -1.11. The second-order valence-electron chi connectivity index (χ2n) is 7.32. The van der Waals surface area contributed by atoms with Crippen LogP contribution in [0.3, 0.4) is 0 Å². The third-order valence-electron chi connectivity index (χ3n) is 5.70. The van der Waals surface area contributed by atoms with Gasteiger partial charge in [0.15, 0.2) is 0 Å². The van der Waals surface area contributed by atoms with Gasteiger partial charge in [-0.1, -0.05) is 0 Å². The van der Waals surface area contributed by atoms with Crippen molar-refractivity contribution in [2.75, 3.05) is 13.1 Å². The van der Waals surface area contributed by atoms with E-state index in [1.807, 2.05) is 16.8 Å². The summed E-state index contributed by atoms with van der Waals surface area (Å²) in [5, 5.41) is 18.6. The molecule has 1 saturated carbocycles. The summed E-state index contributed by atoms with van der Waals surface area (Å²) in [7, 11) is 0. The molecule has 8 heteroatoms. The molecule has 1 saturated heterocycles. The molecule has 4 rings (SSSR count). The highest BCUT2D eigenvalue weighted by atomic mass is 32.1. The van der Waals surface area contributed by atoms with Crippen molar-refractivity contribution in [2.45, 2.75) is 31.8 Å². The van der Waals surface area contributed by atoms with Crippen LogP contribution in [0.4, 0.5) is 10.1 Å². The number of nitrogens with one attached hydrogen (secondary N) is 1. The number of nitro groups is 1. The van der Waals surface area contributed by atoms with Crippen LogP contribution in [0.15, 0.2) is 35.0 Å². The van der Waals surface area contributed by atoms with Crippen LogP contribution in [-0.4, -0.2) is 34.9 Å². The van der Waals surface area contributed by atoms with E-state index in [9.17, 15) is 19.3 Å². The highest BCUT2D eigenvalue weighted by Crippen LogP contribution is 2.56. The summed E-state index contributed by atoms with van der Waals surface area (Å²) in [6.07, 6.45) is 2.86. The first-order valence-corrected chi connectivity index (χ1v) is 9.91. The van der Waals surface area contributed by atoms with Gasteiger partial charge < -0.3 is 10.2 Å². The summed E-state index contributed by atoms with van der Waals surface area (Å²) >= 11 is 1.54. The number of halogens is 1. The maximum atomic E-state index is 13.8. The predicted molar refractivity (Wildman–Crippen MR) is 100 cm³/mol. The minimum Gasteiger partial charge on any atom is -0.331 e. The molecular formula is C19H20FN3O3S. The second kappa shape index (κ2) is 7.01. The lowest BCUT2D eigenvalue weighted by molar-refractivity contribution is -0.385. The third-order valence-corrected chi connectivity index (χ3v) is 6.43. The van der Waals surface area contributed by atoms with Crippen molar-refractivity contribution in [3.8, 4) is 0 Å². The maximum Gasteiger partial charge on any atom is 0.282 e. The lowest BCUT2D eigenvalue weighted by Crippen LogP contribution is -2.39. The molecule has 2 aliphatic rings. The Labute approximate surface area is 160 Å². The predicted octanol–water partition coefficient (Wildman–Crippen LogP) is 3.58. The van der Waals surface area contributed by atoms with Crippen molar-refractivity contribution in [3.05, 3.63) is 62.1 Å². The first-order chi connectivity index (χ1) is 13.0. The van der Waals surface area contributed by atoms with Gasteiger partial charge in [-0.25, -0.2) is 4.39 Å². The van der Waals surface area contributed by atoms with E-state index in [4.69, 9.17) is 0 Å². The van der Waals surface area contributed by atoms with Crippen LogP contribution < -0.4 is 5.32 Å². The molecule has 1 amide bonds. The number of hydrogen-bond donors (Lipinski definition) is 1. The number of hydrogen-bond acceptors (Lipinski definition) is 5. The Balaban J connectivity index is 1.68. The monoisotopic (exact) mass is 389 g/mol. The molecule has 2 aromatic rings. The van der Waals surface area contributed by atoms with E-state index in [1.165, 1.54) is 0 Å². The Morgan fingerprint density at radius 2 is 2.15 bits per heavy atom. The van der Waals surface area contributed by atoms with Crippen LogP contribution in [0.5, 0.6) is 0 Å². The van der Waals surface area contributed by atoms with Crippen LogP contribution in [0, 0.1) is 21.3 Å². The number of benzene rings is 1. The largest absolute Gasteiger partial charge is 0.331 e. The lowest BCUT2D eigenvalue weighted by atomic mass is 9.93. The average molecular weight is 389 g/mol. The molecule has 1 unspecified atom stereocenters. The van der Waals surface area contributed by atoms with Crippen LogP contribution in [0.1, 0.15) is 35.2 Å². The van der Waals surface area contributed by atoms with Gasteiger partial charge in [-0.05, 0) is 72.3 Å². The zero-order chi connectivity index (χ0) is 19.0. The molecule has 27 heavy (non-hydrogen) atoms. The number of nitrogens with zero attached hydrogens (tertiary/aromatic N) is 2. The first-order valence-electron chi connectivity index (χ1n) is 8.97. The molecule has 1 aromatic heterocycles. The molecule has 2 heterocycles. The van der Waals surface area contributed by atoms with Gasteiger partial charge in [0, 0.05) is 18.7 Å². The number of thiophene rings is 1. The fraction of sp³-hybridized carbons (Fsp3) is 0.421. The van der Waals surface area contributed by atoms with E-state index >= 15 is 0 Å². The van der Waals surface area contributed by atoms with E-state index in [2.05, 4.69) is 5.32 Å². The molecule has 0 radical (unpaired) electrons. The Hall–Kier alpha value is -2.32. The minimum absolute atomic E-state index is 0.0369. The molecule has 1 aliphatic heterocycles. The molecule has 142 valence electrons. The first kappa shape index (κ1) is 18.1. The maximum absolute atomic E-state index is 13.8. The molecule has 2 fully saturated rings. The van der Waals surface area contributed by atoms with E-state index < -0.39 is 16.6 Å². The summed E-state index contributed by atoms with van der Waals surface area (Å²) < 4.78 is 13.8. The van der Waals surface area contributed by atoms with Crippen molar-refractivity contribution in [1.82, 2.24) is 10.2 Å². The van der Waals surface area contributed by atoms with Crippen molar-refractivity contribution < 1.29 is 14.1 Å². The van der Waals surface area contributed by atoms with Crippen LogP contribution >= 0.6 is 11.3 Å². The minimum atomic E-state index is -0.646. The van der Waals surface area contributed by atoms with Gasteiger partial charge in [0.25, 0.3) is 11.6 Å². The Morgan fingerprint density at radius 1 is 1.37 bits per heavy atom. The quantitative estimate of drug-likeness (QED) is 0.626. The number of nitro benzene ring substituents is 1. The van der Waals surface area contributed by atoms with Crippen molar-refractivity contribution >= 4 is 22.9 Å². The topological polar surface area (TPSA) is 75.5 Å². The van der Waals surface area contributed by atoms with Gasteiger partial charge in [0.05, 0.1) is 4.92 Å². The van der Waals surface area contributed by atoms with Crippen LogP contribution in [-0.2, 0) is 6.54 Å². The number of carbonyl (C=O) groups is 1. The zero-order valence-electron chi connectivity index (χ0n) is 14.7. The van der Waals surface area contributed by atoms with Gasteiger partial charge in [-0.15, -0.1) is 0 Å². The van der Waals surface area contributed by atoms with Crippen molar-refractivity contribution in [3.63, 3.8) is 0 Å². The summed E-state index contributed by atoms with van der Waals surface area (Å²) in [6.45, 7) is 2.21.